The molecule has 0 N–H and O–H groups in total. The number of nitriles is 4. The van der Waals surface area contributed by atoms with E-state index in [1.54, 1.807) is 8.61 Å². The Labute approximate surface area is 383 Å². The molecule has 0 aliphatic carbocycles. The standard InChI is InChI=1S/C50H92N6O4S2/c1-2-3-4-5-14-23-32-41-50(61(57,58)55(46-37-28-19-10-6-15-24-33-42-51)47-38-29-20-11-7-16-25-34-43-52)62(59,60)56(48-39-30-21-12-8-17-26-35-44-53)49-40-31-22-13-9-18-27-36-45-54/h50H,2-41,46-49H2,1H3. The molecule has 0 amide bonds. The zero-order valence-electron chi connectivity index (χ0n) is 39.8. The highest BCUT2D eigenvalue weighted by Crippen LogP contribution is 2.28. The molecule has 0 aliphatic heterocycles. The van der Waals surface area contributed by atoms with Gasteiger partial charge in [0.25, 0.3) is 0 Å². The van der Waals surface area contributed by atoms with Crippen molar-refractivity contribution < 1.29 is 16.8 Å². The number of sulfonamides is 2. The Morgan fingerprint density at radius 3 is 0.774 bits per heavy atom. The van der Waals surface area contributed by atoms with Crippen LogP contribution in [0.1, 0.15) is 264 Å². The average molecular weight is 905 g/mol. The summed E-state index contributed by atoms with van der Waals surface area (Å²) < 4.78 is 61.6. The van der Waals surface area contributed by atoms with E-state index < -0.39 is 24.6 Å². The van der Waals surface area contributed by atoms with Gasteiger partial charge in [0.2, 0.25) is 20.0 Å². The van der Waals surface area contributed by atoms with Crippen molar-refractivity contribution in [2.45, 2.75) is 268 Å². The van der Waals surface area contributed by atoms with E-state index in [2.05, 4.69) is 31.2 Å². The minimum Gasteiger partial charge on any atom is -0.211 e. The lowest BCUT2D eigenvalue weighted by Gasteiger charge is -2.32. The molecular weight excluding hydrogens is 813 g/mol. The van der Waals surface area contributed by atoms with Crippen molar-refractivity contribution in [2.75, 3.05) is 26.2 Å². The van der Waals surface area contributed by atoms with E-state index in [0.29, 0.717) is 84.0 Å². The van der Waals surface area contributed by atoms with Crippen molar-refractivity contribution in [1.82, 2.24) is 8.61 Å². The third-order valence-electron chi connectivity index (χ3n) is 12.2. The Bertz CT molecular complexity index is 1250. The van der Waals surface area contributed by atoms with Gasteiger partial charge in [-0.2, -0.15) is 21.0 Å². The lowest BCUT2D eigenvalue weighted by Crippen LogP contribution is -2.49. The normalized spacial score (nSPS) is 11.9. The second-order valence-corrected chi connectivity index (χ2v) is 22.3. The van der Waals surface area contributed by atoms with Gasteiger partial charge < -0.3 is 0 Å². The monoisotopic (exact) mass is 905 g/mol. The smallest absolute Gasteiger partial charge is 0.211 e. The van der Waals surface area contributed by atoms with E-state index >= 15 is 0 Å². The summed E-state index contributed by atoms with van der Waals surface area (Å²) >= 11 is 0. The fourth-order valence-corrected chi connectivity index (χ4v) is 13.4. The molecule has 62 heavy (non-hydrogen) atoms. The molecule has 0 aromatic carbocycles. The van der Waals surface area contributed by atoms with Crippen molar-refractivity contribution in [1.29, 1.82) is 21.0 Å². The van der Waals surface area contributed by atoms with Crippen LogP contribution in [-0.2, 0) is 20.0 Å². The van der Waals surface area contributed by atoms with Crippen molar-refractivity contribution in [3.05, 3.63) is 0 Å². The molecule has 0 heterocycles. The van der Waals surface area contributed by atoms with E-state index in [9.17, 15) is 16.8 Å². The molecule has 10 nitrogen and oxygen atoms in total. The largest absolute Gasteiger partial charge is 0.232 e. The fourth-order valence-electron chi connectivity index (χ4n) is 8.29. The van der Waals surface area contributed by atoms with Crippen molar-refractivity contribution in [3.63, 3.8) is 0 Å². The SMILES string of the molecule is CCCCCCCCCC(S(=O)(=O)N(CCCCCCCCCC#N)CCCCCCCCCC#N)S(=O)(=O)N(CCCCCCCCCC#N)CCCCCCCCCC#N. The first-order chi connectivity index (χ1) is 30.2. The zero-order valence-corrected chi connectivity index (χ0v) is 41.5. The molecule has 12 heteroatoms. The summed E-state index contributed by atoms with van der Waals surface area (Å²) in [5, 5.41) is 35.4. The van der Waals surface area contributed by atoms with Gasteiger partial charge in [0.05, 0.1) is 24.3 Å². The second-order valence-electron chi connectivity index (χ2n) is 17.8. The van der Waals surface area contributed by atoms with Crippen molar-refractivity contribution in [3.8, 4) is 24.3 Å². The highest BCUT2D eigenvalue weighted by atomic mass is 32.3. The molecule has 0 atom stereocenters. The summed E-state index contributed by atoms with van der Waals surface area (Å²) in [6.45, 7) is 3.56. The molecule has 0 aromatic heterocycles. The van der Waals surface area contributed by atoms with Crippen LogP contribution >= 0.6 is 0 Å². The van der Waals surface area contributed by atoms with Gasteiger partial charge >= 0.3 is 0 Å². The van der Waals surface area contributed by atoms with Crippen LogP contribution in [-0.4, -0.2) is 56.2 Å². The fraction of sp³-hybridized carbons (Fsp3) is 0.920. The minimum atomic E-state index is -4.19. The average Bonchev–Trinajstić information content (AvgIpc) is 3.25. The summed E-state index contributed by atoms with van der Waals surface area (Å²) in [6.07, 6.45) is 36.1. The van der Waals surface area contributed by atoms with Crippen LogP contribution in [0.2, 0.25) is 0 Å². The molecule has 0 saturated carbocycles. The van der Waals surface area contributed by atoms with Gasteiger partial charge in [0.15, 0.2) is 4.58 Å². The Balaban J connectivity index is 6.20. The first-order valence-electron chi connectivity index (χ1n) is 25.7. The summed E-state index contributed by atoms with van der Waals surface area (Å²) in [7, 11) is -8.37. The third-order valence-corrected chi connectivity index (χ3v) is 17.6. The van der Waals surface area contributed by atoms with Gasteiger partial charge in [-0.15, -0.1) is 0 Å². The highest BCUT2D eigenvalue weighted by Gasteiger charge is 2.43. The summed E-state index contributed by atoms with van der Waals surface area (Å²) in [6, 6.07) is 8.84. The first-order valence-corrected chi connectivity index (χ1v) is 28.7. The number of hydrogen-bond acceptors (Lipinski definition) is 8. The van der Waals surface area contributed by atoms with Crippen LogP contribution < -0.4 is 0 Å². The van der Waals surface area contributed by atoms with E-state index in [1.165, 1.54) is 6.42 Å². The van der Waals surface area contributed by atoms with Crippen LogP contribution in [0, 0.1) is 45.3 Å². The van der Waals surface area contributed by atoms with Gasteiger partial charge in [0.1, 0.15) is 0 Å². The van der Waals surface area contributed by atoms with E-state index in [0.717, 1.165) is 186 Å². The van der Waals surface area contributed by atoms with Gasteiger partial charge in [-0.3, -0.25) is 0 Å². The van der Waals surface area contributed by atoms with Gasteiger partial charge in [0, 0.05) is 51.9 Å². The Kier molecular flexibility index (Phi) is 42.4. The van der Waals surface area contributed by atoms with Gasteiger partial charge in [-0.25, -0.2) is 25.4 Å². The maximum absolute atomic E-state index is 15.0. The van der Waals surface area contributed by atoms with Crippen LogP contribution in [0.25, 0.3) is 0 Å². The molecule has 0 fully saturated rings. The quantitative estimate of drug-likeness (QED) is 0.0543. The predicted molar refractivity (Wildman–Crippen MR) is 258 cm³/mol. The Hall–Kier alpha value is -2.22. The minimum absolute atomic E-state index is 0.127. The van der Waals surface area contributed by atoms with E-state index in [4.69, 9.17) is 21.0 Å². The Morgan fingerprint density at radius 2 is 0.532 bits per heavy atom. The highest BCUT2D eigenvalue weighted by molar-refractivity contribution is 8.07. The molecule has 358 valence electrons. The van der Waals surface area contributed by atoms with Crippen LogP contribution in [0.5, 0.6) is 0 Å². The Morgan fingerprint density at radius 1 is 0.323 bits per heavy atom. The van der Waals surface area contributed by atoms with Crippen LogP contribution in [0.4, 0.5) is 0 Å². The number of hydrogen-bond donors (Lipinski definition) is 0. The van der Waals surface area contributed by atoms with Crippen LogP contribution in [0.15, 0.2) is 0 Å². The maximum Gasteiger partial charge on any atom is 0.232 e. The van der Waals surface area contributed by atoms with Crippen LogP contribution in [0.3, 0.4) is 0 Å². The molecule has 0 spiro atoms. The summed E-state index contributed by atoms with van der Waals surface area (Å²) in [5.41, 5.74) is 0. The topological polar surface area (TPSA) is 170 Å². The van der Waals surface area contributed by atoms with Crippen molar-refractivity contribution in [2.24, 2.45) is 0 Å². The zero-order chi connectivity index (χ0) is 45.7. The van der Waals surface area contributed by atoms with Crippen molar-refractivity contribution >= 4 is 20.0 Å². The molecule has 0 saturated heterocycles. The lowest BCUT2D eigenvalue weighted by atomic mass is 10.1. The first kappa shape index (κ1) is 59.8. The molecule has 0 aromatic rings. The van der Waals surface area contributed by atoms with E-state index in [1.807, 2.05) is 0 Å². The summed E-state index contributed by atoms with van der Waals surface area (Å²) in [4.78, 5) is 0. The summed E-state index contributed by atoms with van der Waals surface area (Å²) in [5.74, 6) is 0. The number of unbranched alkanes of at least 4 members (excludes halogenated alkanes) is 34. The van der Waals surface area contributed by atoms with Gasteiger partial charge in [-0.1, -0.05) is 180 Å². The lowest BCUT2D eigenvalue weighted by molar-refractivity contribution is 0.367. The third kappa shape index (κ3) is 33.3. The van der Waals surface area contributed by atoms with E-state index in [-0.39, 0.29) is 6.42 Å². The molecule has 0 aliphatic rings. The molecular formula is C50H92N6O4S2. The molecule has 0 rings (SSSR count). The molecule has 0 radical (unpaired) electrons. The van der Waals surface area contributed by atoms with Gasteiger partial charge in [-0.05, 0) is 57.8 Å². The predicted octanol–water partition coefficient (Wildman–Crippen LogP) is 14.3. The number of nitrogens with zero attached hydrogens (tertiary/aromatic N) is 6. The second kappa shape index (κ2) is 44.0. The molecule has 0 bridgehead atoms. The number of rotatable bonds is 48. The maximum atomic E-state index is 15.0. The molecule has 0 unspecified atom stereocenters.